The van der Waals surface area contributed by atoms with Gasteiger partial charge in [0.05, 0.1) is 24.1 Å². The normalized spacial score (nSPS) is 16.2. The lowest BCUT2D eigenvalue weighted by Crippen LogP contribution is -2.15. The van der Waals surface area contributed by atoms with Crippen LogP contribution in [-0.2, 0) is 4.74 Å². The summed E-state index contributed by atoms with van der Waals surface area (Å²) in [6.45, 7) is 1.43. The van der Waals surface area contributed by atoms with Crippen LogP contribution < -0.4 is 11.1 Å². The van der Waals surface area contributed by atoms with Gasteiger partial charge in [0.2, 0.25) is 0 Å². The Bertz CT molecular complexity index is 549. The van der Waals surface area contributed by atoms with E-state index in [4.69, 9.17) is 15.1 Å². The minimum atomic E-state index is 0.446. The van der Waals surface area contributed by atoms with E-state index in [9.17, 15) is 0 Å². The molecule has 0 spiro atoms. The van der Waals surface area contributed by atoms with E-state index in [2.05, 4.69) is 15.6 Å². The van der Waals surface area contributed by atoms with Crippen LogP contribution in [-0.4, -0.2) is 29.6 Å². The summed E-state index contributed by atoms with van der Waals surface area (Å²) in [5.74, 6) is 0. The van der Waals surface area contributed by atoms with Crippen molar-refractivity contribution < 1.29 is 9.37 Å². The van der Waals surface area contributed by atoms with Gasteiger partial charge >= 0.3 is 0 Å². The van der Waals surface area contributed by atoms with E-state index >= 15 is 0 Å². The molecule has 1 aliphatic rings. The van der Waals surface area contributed by atoms with E-state index in [1.807, 2.05) is 6.07 Å². The van der Waals surface area contributed by atoms with Crippen molar-refractivity contribution in [1.82, 2.24) is 10.3 Å². The van der Waals surface area contributed by atoms with Gasteiger partial charge in [-0.2, -0.15) is 0 Å². The number of benzene rings is 1. The molecule has 0 unspecified atom stereocenters. The van der Waals surface area contributed by atoms with Crippen LogP contribution in [0.2, 0.25) is 0 Å². The van der Waals surface area contributed by atoms with Gasteiger partial charge in [0.25, 0.3) is 0 Å². The molecule has 1 aromatic heterocycles. The summed E-state index contributed by atoms with van der Waals surface area (Å²) in [7, 11) is 0. The van der Waals surface area contributed by atoms with Crippen LogP contribution in [0.25, 0.3) is 11.0 Å². The second kappa shape index (κ2) is 5.44. The molecule has 0 radical (unpaired) electrons. The van der Waals surface area contributed by atoms with Crippen molar-refractivity contribution >= 4 is 22.4 Å². The van der Waals surface area contributed by atoms with Crippen LogP contribution in [0.5, 0.6) is 0 Å². The van der Waals surface area contributed by atoms with E-state index in [1.54, 1.807) is 6.07 Å². The summed E-state index contributed by atoms with van der Waals surface area (Å²) < 4.78 is 10.5. The number of nitrogens with zero attached hydrogens (tertiary/aromatic N) is 2. The first-order chi connectivity index (χ1) is 9.34. The number of nitrogens with two attached hydrogens (primary N) is 1. The number of nitrogen functional groups attached to an aromatic ring is 1. The fraction of sp³-hybridized carbons (Fsp3) is 0.538. The zero-order chi connectivity index (χ0) is 13.1. The molecule has 0 atom stereocenters. The van der Waals surface area contributed by atoms with Crippen molar-refractivity contribution in [2.24, 2.45) is 0 Å². The van der Waals surface area contributed by atoms with E-state index in [1.165, 1.54) is 25.7 Å². The Labute approximate surface area is 111 Å². The summed E-state index contributed by atoms with van der Waals surface area (Å²) in [5, 5.41) is 10.9. The van der Waals surface area contributed by atoms with Gasteiger partial charge in [-0.1, -0.05) is 12.8 Å². The summed E-state index contributed by atoms with van der Waals surface area (Å²) in [6, 6.07) is 3.68. The highest BCUT2D eigenvalue weighted by Crippen LogP contribution is 2.25. The number of fused-ring (bicyclic) bond motifs is 1. The highest BCUT2D eigenvalue weighted by atomic mass is 16.6. The lowest BCUT2D eigenvalue weighted by Gasteiger charge is -2.12. The maximum atomic E-state index is 5.80. The molecule has 6 nitrogen and oxygen atoms in total. The number of hydrogen-bond acceptors (Lipinski definition) is 6. The number of rotatable bonds is 5. The molecular formula is C13H18N4O2. The van der Waals surface area contributed by atoms with Crippen molar-refractivity contribution in [3.8, 4) is 0 Å². The maximum absolute atomic E-state index is 5.80. The van der Waals surface area contributed by atoms with Crippen molar-refractivity contribution in [1.29, 1.82) is 0 Å². The van der Waals surface area contributed by atoms with E-state index in [-0.39, 0.29) is 0 Å². The molecule has 1 aromatic carbocycles. The Kier molecular flexibility index (Phi) is 3.50. The Morgan fingerprint density at radius 1 is 1.26 bits per heavy atom. The molecular weight excluding hydrogens is 244 g/mol. The number of aromatic nitrogens is 2. The molecule has 0 saturated heterocycles. The molecule has 3 N–H and O–H groups in total. The van der Waals surface area contributed by atoms with Crippen LogP contribution in [0.15, 0.2) is 16.8 Å². The van der Waals surface area contributed by atoms with Crippen molar-refractivity contribution in [2.45, 2.75) is 31.8 Å². The number of nitrogens with one attached hydrogen (secondary N) is 1. The summed E-state index contributed by atoms with van der Waals surface area (Å²) in [6.07, 6.45) is 5.42. The molecule has 2 aromatic rings. The van der Waals surface area contributed by atoms with Crippen LogP contribution in [0.3, 0.4) is 0 Å². The van der Waals surface area contributed by atoms with Gasteiger partial charge in [0.1, 0.15) is 0 Å². The molecule has 1 aliphatic carbocycles. The van der Waals surface area contributed by atoms with Crippen LogP contribution in [0.1, 0.15) is 25.7 Å². The zero-order valence-electron chi connectivity index (χ0n) is 10.8. The minimum absolute atomic E-state index is 0.446. The smallest absolute Gasteiger partial charge is 0.160 e. The second-order valence-corrected chi connectivity index (χ2v) is 4.87. The molecule has 1 heterocycles. The zero-order valence-corrected chi connectivity index (χ0v) is 10.8. The van der Waals surface area contributed by atoms with Crippen LogP contribution in [0, 0.1) is 0 Å². The highest BCUT2D eigenvalue weighted by Gasteiger charge is 2.15. The lowest BCUT2D eigenvalue weighted by atomic mass is 10.2. The predicted molar refractivity (Wildman–Crippen MR) is 72.9 cm³/mol. The molecule has 0 amide bonds. The standard InChI is InChI=1S/C13H18N4O2/c14-10-5-6-11(13-12(10)16-19-17-13)15-7-8-18-9-3-1-2-4-9/h5-6,9,15H,1-4,7-8,14H2. The first-order valence-electron chi connectivity index (χ1n) is 6.71. The molecule has 102 valence electrons. The monoisotopic (exact) mass is 262 g/mol. The average molecular weight is 262 g/mol. The number of ether oxygens (including phenoxy) is 1. The Balaban J connectivity index is 1.56. The third-order valence-corrected chi connectivity index (χ3v) is 3.52. The number of anilines is 2. The predicted octanol–water partition coefficient (Wildman–Crippen LogP) is 2.18. The van der Waals surface area contributed by atoms with Gasteiger partial charge in [-0.25, -0.2) is 4.63 Å². The SMILES string of the molecule is Nc1ccc(NCCOC2CCCC2)c2nonc12. The van der Waals surface area contributed by atoms with E-state index < -0.39 is 0 Å². The van der Waals surface area contributed by atoms with Crippen LogP contribution >= 0.6 is 0 Å². The molecule has 3 rings (SSSR count). The lowest BCUT2D eigenvalue weighted by molar-refractivity contribution is 0.0659. The molecule has 6 heteroatoms. The van der Waals surface area contributed by atoms with Crippen molar-refractivity contribution in [3.05, 3.63) is 12.1 Å². The second-order valence-electron chi connectivity index (χ2n) is 4.87. The van der Waals surface area contributed by atoms with Gasteiger partial charge in [0.15, 0.2) is 11.0 Å². The third kappa shape index (κ3) is 2.63. The molecule has 0 bridgehead atoms. The quantitative estimate of drug-likeness (QED) is 0.634. The van der Waals surface area contributed by atoms with Gasteiger partial charge in [-0.05, 0) is 35.3 Å². The molecule has 1 fully saturated rings. The fourth-order valence-electron chi connectivity index (χ4n) is 2.49. The Morgan fingerprint density at radius 3 is 2.89 bits per heavy atom. The van der Waals surface area contributed by atoms with Gasteiger partial charge in [-0.3, -0.25) is 0 Å². The van der Waals surface area contributed by atoms with Gasteiger partial charge in [0, 0.05) is 6.54 Å². The molecule has 1 saturated carbocycles. The highest BCUT2D eigenvalue weighted by molar-refractivity contribution is 5.94. The first-order valence-corrected chi connectivity index (χ1v) is 6.71. The largest absolute Gasteiger partial charge is 0.397 e. The van der Waals surface area contributed by atoms with Crippen molar-refractivity contribution in [2.75, 3.05) is 24.2 Å². The van der Waals surface area contributed by atoms with Crippen LogP contribution in [0.4, 0.5) is 11.4 Å². The molecule has 0 aliphatic heterocycles. The summed E-state index contributed by atoms with van der Waals surface area (Å²) >= 11 is 0. The van der Waals surface area contributed by atoms with Gasteiger partial charge < -0.3 is 15.8 Å². The van der Waals surface area contributed by atoms with E-state index in [0.29, 0.717) is 29.4 Å². The van der Waals surface area contributed by atoms with Gasteiger partial charge in [-0.15, -0.1) is 0 Å². The fourth-order valence-corrected chi connectivity index (χ4v) is 2.49. The first kappa shape index (κ1) is 12.2. The minimum Gasteiger partial charge on any atom is -0.397 e. The van der Waals surface area contributed by atoms with Crippen molar-refractivity contribution in [3.63, 3.8) is 0 Å². The third-order valence-electron chi connectivity index (χ3n) is 3.52. The van der Waals surface area contributed by atoms with E-state index in [0.717, 1.165) is 12.2 Å². The molecule has 19 heavy (non-hydrogen) atoms. The summed E-state index contributed by atoms with van der Waals surface area (Å²) in [5.41, 5.74) is 8.51. The summed E-state index contributed by atoms with van der Waals surface area (Å²) in [4.78, 5) is 0. The Morgan fingerprint density at radius 2 is 2.05 bits per heavy atom. The average Bonchev–Trinajstić information content (AvgIpc) is 3.08. The number of hydrogen-bond donors (Lipinski definition) is 2. The Hall–Kier alpha value is -1.82. The maximum Gasteiger partial charge on any atom is 0.160 e. The topological polar surface area (TPSA) is 86.2 Å².